The smallest absolute Gasteiger partial charge is 0.312 e. The Morgan fingerprint density at radius 1 is 1.19 bits per heavy atom. The number of nitrogens with zero attached hydrogens (tertiary/aromatic N) is 2. The lowest BCUT2D eigenvalue weighted by atomic mass is 9.98. The molecule has 3 aliphatic rings. The van der Waals surface area contributed by atoms with E-state index in [9.17, 15) is 14.4 Å². The highest BCUT2D eigenvalue weighted by Crippen LogP contribution is 2.37. The van der Waals surface area contributed by atoms with Gasteiger partial charge in [-0.15, -0.1) is 11.8 Å². The molecule has 1 unspecified atom stereocenters. The maximum absolute atomic E-state index is 13.0. The molecule has 3 atom stereocenters. The lowest BCUT2D eigenvalue weighted by Gasteiger charge is -2.37. The van der Waals surface area contributed by atoms with Gasteiger partial charge in [0.05, 0.1) is 12.1 Å². The summed E-state index contributed by atoms with van der Waals surface area (Å²) in [5.74, 6) is 0.0727. The molecule has 0 spiro atoms. The Labute approximate surface area is 158 Å². The van der Waals surface area contributed by atoms with Gasteiger partial charge in [-0.2, -0.15) is 0 Å². The van der Waals surface area contributed by atoms with Gasteiger partial charge in [-0.05, 0) is 49.7 Å². The van der Waals surface area contributed by atoms with Crippen molar-refractivity contribution in [1.82, 2.24) is 15.1 Å². The molecule has 3 rings (SSSR count). The minimum absolute atomic E-state index is 0.0436. The van der Waals surface area contributed by atoms with Crippen LogP contribution >= 0.6 is 11.8 Å². The van der Waals surface area contributed by atoms with Crippen molar-refractivity contribution in [3.05, 3.63) is 10.5 Å². The van der Waals surface area contributed by atoms with E-state index in [2.05, 4.69) is 5.32 Å². The Balaban J connectivity index is 1.66. The Kier molecular flexibility index (Phi) is 5.79. The molecular formula is C18H28N4O3S. The van der Waals surface area contributed by atoms with E-state index in [-0.39, 0.29) is 23.9 Å². The van der Waals surface area contributed by atoms with Crippen LogP contribution in [0.3, 0.4) is 0 Å². The number of urea groups is 1. The lowest BCUT2D eigenvalue weighted by Crippen LogP contribution is -2.56. The molecule has 2 saturated heterocycles. The number of thioether (sulfide) groups is 1. The normalized spacial score (nSPS) is 26.2. The average Bonchev–Trinajstić information content (AvgIpc) is 3.25. The first-order valence-electron chi connectivity index (χ1n) is 9.39. The van der Waals surface area contributed by atoms with Gasteiger partial charge in [0.25, 0.3) is 5.91 Å². The Morgan fingerprint density at radius 2 is 1.85 bits per heavy atom. The van der Waals surface area contributed by atoms with Crippen LogP contribution in [0.1, 0.15) is 45.4 Å². The summed E-state index contributed by atoms with van der Waals surface area (Å²) in [4.78, 5) is 41.9. The van der Waals surface area contributed by atoms with Crippen molar-refractivity contribution in [2.75, 3.05) is 19.3 Å². The number of allylic oxidation sites excluding steroid dienone is 1. The summed E-state index contributed by atoms with van der Waals surface area (Å²) in [6, 6.07) is -1.14. The third kappa shape index (κ3) is 3.56. The number of hydrogen-bond acceptors (Lipinski definition) is 4. The van der Waals surface area contributed by atoms with Crippen molar-refractivity contribution in [2.45, 2.75) is 63.6 Å². The molecule has 144 valence electrons. The number of carbonyl (C=O) groups is 3. The molecule has 2 aliphatic heterocycles. The fourth-order valence-corrected chi connectivity index (χ4v) is 5.18. The molecule has 26 heavy (non-hydrogen) atoms. The van der Waals surface area contributed by atoms with Gasteiger partial charge in [-0.3, -0.25) is 9.59 Å². The summed E-state index contributed by atoms with van der Waals surface area (Å²) in [5.41, 5.74) is 6.15. The fraction of sp³-hybridized carbons (Fsp3) is 0.722. The molecule has 7 nitrogen and oxygen atoms in total. The van der Waals surface area contributed by atoms with Crippen LogP contribution in [-0.2, 0) is 9.59 Å². The van der Waals surface area contributed by atoms with Gasteiger partial charge in [0.1, 0.15) is 6.04 Å². The van der Waals surface area contributed by atoms with E-state index < -0.39 is 12.1 Å². The van der Waals surface area contributed by atoms with Crippen molar-refractivity contribution in [2.24, 2.45) is 5.73 Å². The largest absolute Gasteiger partial charge is 0.352 e. The van der Waals surface area contributed by atoms with E-state index in [0.29, 0.717) is 19.5 Å². The number of nitrogens with two attached hydrogens (primary N) is 1. The Bertz CT molecular complexity index is 636. The van der Waals surface area contributed by atoms with Crippen LogP contribution in [0, 0.1) is 0 Å². The van der Waals surface area contributed by atoms with Gasteiger partial charge in [0.15, 0.2) is 0 Å². The zero-order chi connectivity index (χ0) is 18.8. The molecule has 3 N–H and O–H groups in total. The maximum atomic E-state index is 13.0. The molecule has 4 amide bonds. The number of piperazine rings is 1. The van der Waals surface area contributed by atoms with Crippen LogP contribution in [0.4, 0.5) is 4.79 Å². The molecule has 2 bridgehead atoms. The van der Waals surface area contributed by atoms with Crippen molar-refractivity contribution >= 4 is 29.6 Å². The molecule has 0 radical (unpaired) electrons. The average molecular weight is 381 g/mol. The standard InChI is InChI=1S/C18H28N4O3S/c1-3-14(20-18(19)25)17(24)22-10-11-8-12(22)9-21(11)16(23)13-6-4-5-7-15(13)26-2/h11-12,14H,3-10H2,1-2H3,(H3,19,20,25)/t11-,12-,14?/m0/s1. The second kappa shape index (κ2) is 7.90. The van der Waals surface area contributed by atoms with Gasteiger partial charge in [0, 0.05) is 18.7 Å². The molecule has 0 saturated carbocycles. The van der Waals surface area contributed by atoms with Crippen LogP contribution in [0.25, 0.3) is 0 Å². The van der Waals surface area contributed by atoms with Crippen LogP contribution in [0.15, 0.2) is 10.5 Å². The fourth-order valence-electron chi connectivity index (χ4n) is 4.40. The molecule has 0 aromatic carbocycles. The first kappa shape index (κ1) is 19.1. The van der Waals surface area contributed by atoms with E-state index in [4.69, 9.17) is 5.73 Å². The second-order valence-corrected chi connectivity index (χ2v) is 8.17. The molecule has 0 aromatic rings. The molecular weight excluding hydrogens is 352 g/mol. The summed E-state index contributed by atoms with van der Waals surface area (Å²) < 4.78 is 0. The predicted octanol–water partition coefficient (Wildman–Crippen LogP) is 1.44. The minimum Gasteiger partial charge on any atom is -0.352 e. The highest BCUT2D eigenvalue weighted by atomic mass is 32.2. The Morgan fingerprint density at radius 3 is 2.42 bits per heavy atom. The number of primary amides is 1. The van der Waals surface area contributed by atoms with E-state index in [1.807, 2.05) is 23.0 Å². The topological polar surface area (TPSA) is 95.7 Å². The zero-order valence-corrected chi connectivity index (χ0v) is 16.3. The predicted molar refractivity (Wildman–Crippen MR) is 101 cm³/mol. The van der Waals surface area contributed by atoms with Gasteiger partial charge >= 0.3 is 6.03 Å². The number of hydrogen-bond donors (Lipinski definition) is 2. The minimum atomic E-state index is -0.680. The zero-order valence-electron chi connectivity index (χ0n) is 15.5. The van der Waals surface area contributed by atoms with E-state index in [0.717, 1.165) is 37.7 Å². The number of fused-ring (bicyclic) bond motifs is 2. The monoisotopic (exact) mass is 380 g/mol. The van der Waals surface area contributed by atoms with E-state index in [1.165, 1.54) is 4.91 Å². The maximum Gasteiger partial charge on any atom is 0.312 e. The summed E-state index contributed by atoms with van der Waals surface area (Å²) >= 11 is 1.69. The Hall–Kier alpha value is -1.70. The van der Waals surface area contributed by atoms with Gasteiger partial charge < -0.3 is 20.9 Å². The molecule has 0 aromatic heterocycles. The van der Waals surface area contributed by atoms with Gasteiger partial charge in [-0.25, -0.2) is 4.79 Å². The van der Waals surface area contributed by atoms with Crippen molar-refractivity contribution < 1.29 is 14.4 Å². The molecule has 2 heterocycles. The quantitative estimate of drug-likeness (QED) is 0.754. The third-order valence-corrected chi connectivity index (χ3v) is 6.67. The van der Waals surface area contributed by atoms with Crippen LogP contribution in [0.2, 0.25) is 0 Å². The summed E-state index contributed by atoms with van der Waals surface area (Å²) in [7, 11) is 0. The third-order valence-electron chi connectivity index (χ3n) is 5.73. The van der Waals surface area contributed by atoms with Gasteiger partial charge in [0.2, 0.25) is 5.91 Å². The molecule has 8 heteroatoms. The van der Waals surface area contributed by atoms with Crippen molar-refractivity contribution in [3.63, 3.8) is 0 Å². The highest BCUT2D eigenvalue weighted by Gasteiger charge is 2.48. The lowest BCUT2D eigenvalue weighted by molar-refractivity contribution is -0.139. The summed E-state index contributed by atoms with van der Waals surface area (Å²) in [6.07, 6.45) is 7.48. The first-order chi connectivity index (χ1) is 12.5. The summed E-state index contributed by atoms with van der Waals surface area (Å²) in [5, 5.41) is 2.52. The number of nitrogens with one attached hydrogen (secondary N) is 1. The SMILES string of the molecule is CCC(NC(N)=O)C(=O)N1C[C@@H]2C[C@H]1CN2C(=O)C1=C(SC)CCCC1. The first-order valence-corrected chi connectivity index (χ1v) is 10.6. The number of rotatable bonds is 5. The van der Waals surface area contributed by atoms with E-state index >= 15 is 0 Å². The van der Waals surface area contributed by atoms with Gasteiger partial charge in [-0.1, -0.05) is 6.92 Å². The van der Waals surface area contributed by atoms with E-state index in [1.54, 1.807) is 11.8 Å². The van der Waals surface area contributed by atoms with Crippen molar-refractivity contribution in [1.29, 1.82) is 0 Å². The van der Waals surface area contributed by atoms with Crippen molar-refractivity contribution in [3.8, 4) is 0 Å². The van der Waals surface area contributed by atoms with Crippen LogP contribution in [0.5, 0.6) is 0 Å². The van der Waals surface area contributed by atoms with Crippen LogP contribution in [-0.4, -0.2) is 65.1 Å². The number of amides is 4. The second-order valence-electron chi connectivity index (χ2n) is 7.27. The number of carbonyl (C=O) groups excluding carboxylic acids is 3. The molecule has 2 fully saturated rings. The summed E-state index contributed by atoms with van der Waals surface area (Å²) in [6.45, 7) is 2.99. The number of likely N-dealkylation sites (tertiary alicyclic amines) is 2. The molecule has 1 aliphatic carbocycles. The van der Waals surface area contributed by atoms with Crippen LogP contribution < -0.4 is 11.1 Å². The highest BCUT2D eigenvalue weighted by molar-refractivity contribution is 8.02.